The Hall–Kier alpha value is 0.350. The summed E-state index contributed by atoms with van der Waals surface area (Å²) in [6, 6.07) is 0. The first-order valence-electron chi connectivity index (χ1n) is 3.73. The number of sulfonamides is 1. The predicted octanol–water partition coefficient (Wildman–Crippen LogP) is 0.373. The van der Waals surface area contributed by atoms with Crippen molar-refractivity contribution in [3.05, 3.63) is 0 Å². The molecule has 0 heterocycles. The molecule has 0 aliphatic rings. The molecule has 1 N–H and O–H groups in total. The molecule has 12 heavy (non-hydrogen) atoms. The number of nitrogens with zero attached hydrogens (tertiary/aromatic N) is 1. The predicted molar refractivity (Wildman–Crippen MR) is 51.7 cm³/mol. The summed E-state index contributed by atoms with van der Waals surface area (Å²) >= 11 is 2.91. The molecule has 0 saturated carbocycles. The van der Waals surface area contributed by atoms with Crippen LogP contribution < -0.4 is 0 Å². The van der Waals surface area contributed by atoms with E-state index in [1.54, 1.807) is 6.92 Å². The lowest BCUT2D eigenvalue weighted by molar-refractivity contribution is 0.271. The van der Waals surface area contributed by atoms with E-state index in [0.717, 1.165) is 0 Å². The maximum absolute atomic E-state index is 11.2. The first kappa shape index (κ1) is 12.3. The van der Waals surface area contributed by atoms with E-state index in [4.69, 9.17) is 5.11 Å². The molecule has 0 fully saturated rings. The van der Waals surface area contributed by atoms with Crippen LogP contribution in [0.4, 0.5) is 0 Å². The molecule has 0 atom stereocenters. The lowest BCUT2D eigenvalue weighted by atomic mass is 10.4. The maximum Gasteiger partial charge on any atom is 0.224 e. The first-order chi connectivity index (χ1) is 5.58. The van der Waals surface area contributed by atoms with Crippen LogP contribution in [0.1, 0.15) is 13.3 Å². The minimum Gasteiger partial charge on any atom is -0.396 e. The average Bonchev–Trinajstić information content (AvgIpc) is 2.05. The van der Waals surface area contributed by atoms with Crippen molar-refractivity contribution >= 4 is 26.0 Å². The zero-order chi connectivity index (χ0) is 9.61. The summed E-state index contributed by atoms with van der Waals surface area (Å²) in [5, 5.41) is 8.52. The largest absolute Gasteiger partial charge is 0.396 e. The highest BCUT2D eigenvalue weighted by Crippen LogP contribution is 2.04. The van der Waals surface area contributed by atoms with Gasteiger partial charge in [0.25, 0.3) is 0 Å². The summed E-state index contributed by atoms with van der Waals surface area (Å²) in [7, 11) is -3.14. The number of halogens is 1. The van der Waals surface area contributed by atoms with E-state index in [1.165, 1.54) is 4.31 Å². The van der Waals surface area contributed by atoms with Gasteiger partial charge in [0.1, 0.15) is 4.66 Å². The summed E-state index contributed by atoms with van der Waals surface area (Å²) in [6.45, 7) is 2.64. The summed E-state index contributed by atoms with van der Waals surface area (Å²) in [6.07, 6.45) is 0.486. The Labute approximate surface area is 81.7 Å². The van der Waals surface area contributed by atoms with Crippen molar-refractivity contribution in [1.29, 1.82) is 0 Å². The van der Waals surface area contributed by atoms with Crippen molar-refractivity contribution < 1.29 is 13.5 Å². The van der Waals surface area contributed by atoms with Crippen molar-refractivity contribution in [2.45, 2.75) is 13.3 Å². The molecule has 6 heteroatoms. The van der Waals surface area contributed by atoms with Crippen LogP contribution in [0.3, 0.4) is 0 Å². The van der Waals surface area contributed by atoms with Gasteiger partial charge in [0.2, 0.25) is 10.0 Å². The molecule has 0 amide bonds. The molecular weight excluding hydrogens is 246 g/mol. The first-order valence-corrected chi connectivity index (χ1v) is 6.46. The van der Waals surface area contributed by atoms with Crippen LogP contribution in [0.5, 0.6) is 0 Å². The molecule has 0 bridgehead atoms. The van der Waals surface area contributed by atoms with Gasteiger partial charge in [-0.15, -0.1) is 0 Å². The molecule has 0 radical (unpaired) electrons. The van der Waals surface area contributed by atoms with Crippen molar-refractivity contribution in [1.82, 2.24) is 4.31 Å². The summed E-state index contributed by atoms with van der Waals surface area (Å²) in [5.74, 6) is 0. The van der Waals surface area contributed by atoms with Gasteiger partial charge < -0.3 is 5.11 Å². The van der Waals surface area contributed by atoms with E-state index < -0.39 is 10.0 Å². The molecule has 74 valence electrons. The van der Waals surface area contributed by atoms with E-state index in [9.17, 15) is 8.42 Å². The standard InChI is InChI=1S/C6H14BrNO3S/c1-2-8(4-3-5-9)12(10,11)6-7/h9H,2-6H2,1H3. The van der Waals surface area contributed by atoms with Crippen LogP contribution in [-0.4, -0.2) is 42.2 Å². The normalized spacial score (nSPS) is 12.3. The second kappa shape index (κ2) is 5.90. The summed E-state index contributed by atoms with van der Waals surface area (Å²) in [5.41, 5.74) is 0. The lowest BCUT2D eigenvalue weighted by Crippen LogP contribution is -2.32. The molecule has 0 aliphatic heterocycles. The maximum atomic E-state index is 11.2. The van der Waals surface area contributed by atoms with E-state index in [1.807, 2.05) is 0 Å². The summed E-state index contributed by atoms with van der Waals surface area (Å²) in [4.78, 5) is 0. The molecule has 0 aromatic rings. The van der Waals surface area contributed by atoms with Gasteiger partial charge in [-0.1, -0.05) is 22.9 Å². The van der Waals surface area contributed by atoms with E-state index in [0.29, 0.717) is 19.5 Å². The van der Waals surface area contributed by atoms with Crippen LogP contribution in [0, 0.1) is 0 Å². The van der Waals surface area contributed by atoms with Crippen LogP contribution in [0.2, 0.25) is 0 Å². The topological polar surface area (TPSA) is 57.6 Å². The molecule has 0 spiro atoms. The Bertz CT molecular complexity index is 205. The van der Waals surface area contributed by atoms with Gasteiger partial charge >= 0.3 is 0 Å². The van der Waals surface area contributed by atoms with E-state index in [-0.39, 0.29) is 11.3 Å². The SMILES string of the molecule is CCN(CCCO)S(=O)(=O)CBr. The average molecular weight is 260 g/mol. The highest BCUT2D eigenvalue weighted by molar-refractivity contribution is 9.10. The number of hydrogen-bond acceptors (Lipinski definition) is 3. The van der Waals surface area contributed by atoms with Crippen molar-refractivity contribution in [3.8, 4) is 0 Å². The van der Waals surface area contributed by atoms with Gasteiger partial charge in [0.05, 0.1) is 0 Å². The Kier molecular flexibility index (Phi) is 6.08. The molecule has 0 saturated heterocycles. The van der Waals surface area contributed by atoms with E-state index in [2.05, 4.69) is 15.9 Å². The van der Waals surface area contributed by atoms with Gasteiger partial charge in [-0.05, 0) is 6.42 Å². The van der Waals surface area contributed by atoms with Crippen LogP contribution >= 0.6 is 15.9 Å². The molecule has 4 nitrogen and oxygen atoms in total. The zero-order valence-electron chi connectivity index (χ0n) is 7.03. The van der Waals surface area contributed by atoms with Gasteiger partial charge in [-0.3, -0.25) is 0 Å². The number of hydrogen-bond donors (Lipinski definition) is 1. The molecule has 0 aromatic heterocycles. The minimum atomic E-state index is -3.14. The van der Waals surface area contributed by atoms with Crippen LogP contribution in [-0.2, 0) is 10.0 Å². The number of rotatable bonds is 6. The van der Waals surface area contributed by atoms with Crippen LogP contribution in [0.25, 0.3) is 0 Å². The highest BCUT2D eigenvalue weighted by Gasteiger charge is 2.17. The third kappa shape index (κ3) is 3.84. The fourth-order valence-corrected chi connectivity index (χ4v) is 2.62. The molecular formula is C6H14BrNO3S. The number of aliphatic hydroxyl groups excluding tert-OH is 1. The van der Waals surface area contributed by atoms with Gasteiger partial charge in [0.15, 0.2) is 0 Å². The second-order valence-electron chi connectivity index (χ2n) is 2.29. The number of alkyl halides is 1. The van der Waals surface area contributed by atoms with Crippen molar-refractivity contribution in [2.75, 3.05) is 24.4 Å². The van der Waals surface area contributed by atoms with Crippen LogP contribution in [0.15, 0.2) is 0 Å². The summed E-state index contributed by atoms with van der Waals surface area (Å²) < 4.78 is 23.8. The van der Waals surface area contributed by atoms with Crippen molar-refractivity contribution in [3.63, 3.8) is 0 Å². The third-order valence-corrected chi connectivity index (χ3v) is 4.69. The van der Waals surface area contributed by atoms with Crippen molar-refractivity contribution in [2.24, 2.45) is 0 Å². The highest BCUT2D eigenvalue weighted by atomic mass is 79.9. The molecule has 0 aliphatic carbocycles. The van der Waals surface area contributed by atoms with Gasteiger partial charge in [-0.2, -0.15) is 0 Å². The lowest BCUT2D eigenvalue weighted by Gasteiger charge is -2.17. The fraction of sp³-hybridized carbons (Fsp3) is 1.00. The fourth-order valence-electron chi connectivity index (χ4n) is 0.810. The molecule has 0 aromatic carbocycles. The number of aliphatic hydroxyl groups is 1. The second-order valence-corrected chi connectivity index (χ2v) is 5.56. The minimum absolute atomic E-state index is 0.0221. The Balaban J connectivity index is 4.15. The Morgan fingerprint density at radius 3 is 2.42 bits per heavy atom. The van der Waals surface area contributed by atoms with Gasteiger partial charge in [-0.25, -0.2) is 12.7 Å². The Morgan fingerprint density at radius 1 is 1.50 bits per heavy atom. The van der Waals surface area contributed by atoms with E-state index >= 15 is 0 Å². The Morgan fingerprint density at radius 2 is 2.08 bits per heavy atom. The zero-order valence-corrected chi connectivity index (χ0v) is 9.44. The van der Waals surface area contributed by atoms with Gasteiger partial charge in [0, 0.05) is 19.7 Å². The molecule has 0 rings (SSSR count). The third-order valence-electron chi connectivity index (χ3n) is 1.45. The quantitative estimate of drug-likeness (QED) is 0.702. The molecule has 0 unspecified atom stereocenters. The monoisotopic (exact) mass is 259 g/mol. The smallest absolute Gasteiger partial charge is 0.224 e.